The minimum absolute atomic E-state index is 0.169. The molecule has 0 spiro atoms. The summed E-state index contributed by atoms with van der Waals surface area (Å²) in [5.41, 5.74) is 0. The maximum atomic E-state index is 14.2. The summed E-state index contributed by atoms with van der Waals surface area (Å²) in [4.78, 5) is 0. The van der Waals surface area contributed by atoms with E-state index in [0.29, 0.717) is 5.92 Å². The summed E-state index contributed by atoms with van der Waals surface area (Å²) in [5.74, 6) is 1.59. The topological polar surface area (TPSA) is 9.23 Å². The highest BCUT2D eigenvalue weighted by atomic mass is 19.3. The monoisotopic (exact) mass is 354 g/mol. The number of ether oxygens (including phenoxy) is 1. The van der Waals surface area contributed by atoms with Crippen LogP contribution in [0.1, 0.15) is 84.5 Å². The van der Waals surface area contributed by atoms with Gasteiger partial charge in [-0.15, -0.1) is 0 Å². The molecule has 0 aromatic carbocycles. The second kappa shape index (κ2) is 8.50. The molecule has 2 saturated carbocycles. The third-order valence-electron chi connectivity index (χ3n) is 7.35. The second-order valence-corrected chi connectivity index (χ2v) is 8.79. The highest BCUT2D eigenvalue weighted by Gasteiger charge is 2.62. The van der Waals surface area contributed by atoms with Crippen molar-refractivity contribution in [1.29, 1.82) is 0 Å². The summed E-state index contributed by atoms with van der Waals surface area (Å²) in [6, 6.07) is 0. The van der Waals surface area contributed by atoms with Crippen molar-refractivity contribution in [2.45, 2.75) is 96.7 Å². The quantitative estimate of drug-likeness (QED) is 0.468. The summed E-state index contributed by atoms with van der Waals surface area (Å²) in [5, 5.41) is 0. The first-order chi connectivity index (χ1) is 12.0. The summed E-state index contributed by atoms with van der Waals surface area (Å²) in [6.07, 6.45) is 13.7. The van der Waals surface area contributed by atoms with E-state index in [1.165, 1.54) is 25.7 Å². The molecule has 3 heteroatoms. The summed E-state index contributed by atoms with van der Waals surface area (Å²) in [6.45, 7) is 4.31. The fourth-order valence-corrected chi connectivity index (χ4v) is 5.64. The van der Waals surface area contributed by atoms with E-state index in [1.807, 2.05) is 0 Å². The molecule has 1 aliphatic heterocycles. The molecule has 0 bridgehead atoms. The lowest BCUT2D eigenvalue weighted by Gasteiger charge is -2.53. The van der Waals surface area contributed by atoms with Crippen LogP contribution in [0.5, 0.6) is 0 Å². The number of hydrogen-bond acceptors (Lipinski definition) is 1. The van der Waals surface area contributed by atoms with E-state index < -0.39 is 12.0 Å². The molecule has 144 valence electrons. The zero-order valence-corrected chi connectivity index (χ0v) is 16.1. The van der Waals surface area contributed by atoms with Crippen molar-refractivity contribution in [2.24, 2.45) is 29.6 Å². The van der Waals surface area contributed by atoms with Crippen molar-refractivity contribution in [3.05, 3.63) is 12.2 Å². The highest BCUT2D eigenvalue weighted by molar-refractivity contribution is 4.98. The van der Waals surface area contributed by atoms with Gasteiger partial charge in [-0.1, -0.05) is 51.2 Å². The molecule has 0 aromatic rings. The molecule has 0 N–H and O–H groups in total. The van der Waals surface area contributed by atoms with Gasteiger partial charge in [-0.25, -0.2) is 0 Å². The maximum Gasteiger partial charge on any atom is 0.361 e. The third kappa shape index (κ3) is 4.46. The first-order valence-electron chi connectivity index (χ1n) is 10.7. The predicted octanol–water partition coefficient (Wildman–Crippen LogP) is 6.97. The van der Waals surface area contributed by atoms with Gasteiger partial charge in [-0.05, 0) is 69.1 Å². The molecule has 2 aliphatic carbocycles. The van der Waals surface area contributed by atoms with Gasteiger partial charge in [0.05, 0.1) is 12.0 Å². The normalized spacial score (nSPS) is 41.6. The summed E-state index contributed by atoms with van der Waals surface area (Å²) in [7, 11) is 0. The Bertz CT molecular complexity index is 431. The van der Waals surface area contributed by atoms with Gasteiger partial charge in [0.2, 0.25) is 0 Å². The molecule has 25 heavy (non-hydrogen) atoms. The Balaban J connectivity index is 1.51. The smallest absolute Gasteiger partial charge is 0.316 e. The van der Waals surface area contributed by atoms with E-state index in [1.54, 1.807) is 0 Å². The Labute approximate surface area is 152 Å². The summed E-state index contributed by atoms with van der Waals surface area (Å²) >= 11 is 0. The standard InChI is InChI=1S/C22H36F2O/c1-3-5-6-7-17-10-12-18(13-11-17)20-21(25-22(20,23)24)19-14-8-16(4-2)9-15-19/h3,5,16-21H,4,6-15H2,1-2H3/t16?,17?,18?,19?,20-,21-/m0/s1. The van der Waals surface area contributed by atoms with Crippen LogP contribution in [0.3, 0.4) is 0 Å². The van der Waals surface area contributed by atoms with E-state index >= 15 is 0 Å². The van der Waals surface area contributed by atoms with Gasteiger partial charge in [0.25, 0.3) is 0 Å². The fourth-order valence-electron chi connectivity index (χ4n) is 5.64. The number of halogens is 2. The Morgan fingerprint density at radius 2 is 1.52 bits per heavy atom. The van der Waals surface area contributed by atoms with Crippen molar-refractivity contribution in [2.75, 3.05) is 0 Å². The van der Waals surface area contributed by atoms with Crippen LogP contribution in [-0.2, 0) is 4.74 Å². The van der Waals surface area contributed by atoms with Crippen molar-refractivity contribution < 1.29 is 13.5 Å². The molecule has 3 aliphatic rings. The van der Waals surface area contributed by atoms with Gasteiger partial charge in [0, 0.05) is 0 Å². The molecule has 1 saturated heterocycles. The minimum atomic E-state index is -2.87. The Morgan fingerprint density at radius 3 is 2.08 bits per heavy atom. The van der Waals surface area contributed by atoms with E-state index in [2.05, 4.69) is 26.0 Å². The van der Waals surface area contributed by atoms with E-state index in [9.17, 15) is 8.78 Å². The number of allylic oxidation sites excluding steroid dienone is 2. The van der Waals surface area contributed by atoms with Gasteiger partial charge in [0.1, 0.15) is 0 Å². The fraction of sp³-hybridized carbons (Fsp3) is 0.909. The van der Waals surface area contributed by atoms with Crippen LogP contribution in [0.25, 0.3) is 0 Å². The molecule has 1 nitrogen and oxygen atoms in total. The largest absolute Gasteiger partial charge is 0.361 e. The molecule has 1 heterocycles. The molecular formula is C22H36F2O. The second-order valence-electron chi connectivity index (χ2n) is 8.79. The molecule has 3 rings (SSSR count). The average molecular weight is 355 g/mol. The lowest BCUT2D eigenvalue weighted by Crippen LogP contribution is -2.61. The Hall–Kier alpha value is -0.440. The molecule has 0 unspecified atom stereocenters. The first kappa shape index (κ1) is 19.3. The van der Waals surface area contributed by atoms with Crippen LogP contribution in [0.4, 0.5) is 8.78 Å². The van der Waals surface area contributed by atoms with Crippen LogP contribution < -0.4 is 0 Å². The van der Waals surface area contributed by atoms with Crippen LogP contribution in [-0.4, -0.2) is 12.2 Å². The van der Waals surface area contributed by atoms with Crippen molar-refractivity contribution in [1.82, 2.24) is 0 Å². The molecule has 0 amide bonds. The minimum Gasteiger partial charge on any atom is -0.316 e. The maximum absolute atomic E-state index is 14.2. The lowest BCUT2D eigenvalue weighted by atomic mass is 9.66. The van der Waals surface area contributed by atoms with Crippen LogP contribution >= 0.6 is 0 Å². The predicted molar refractivity (Wildman–Crippen MR) is 98.5 cm³/mol. The Morgan fingerprint density at radius 1 is 0.920 bits per heavy atom. The summed E-state index contributed by atoms with van der Waals surface area (Å²) < 4.78 is 33.7. The van der Waals surface area contributed by atoms with Crippen LogP contribution in [0.2, 0.25) is 0 Å². The van der Waals surface area contributed by atoms with Crippen LogP contribution in [0, 0.1) is 29.6 Å². The number of alkyl halides is 2. The van der Waals surface area contributed by atoms with Crippen LogP contribution in [0.15, 0.2) is 12.2 Å². The molecule has 2 atom stereocenters. The molecular weight excluding hydrogens is 318 g/mol. The third-order valence-corrected chi connectivity index (χ3v) is 7.35. The zero-order valence-electron chi connectivity index (χ0n) is 16.1. The van der Waals surface area contributed by atoms with Crippen molar-refractivity contribution in [3.63, 3.8) is 0 Å². The number of hydrogen-bond donors (Lipinski definition) is 0. The molecule has 0 aromatic heterocycles. The zero-order chi connectivity index (χ0) is 17.9. The average Bonchev–Trinajstić information content (AvgIpc) is 2.62. The van der Waals surface area contributed by atoms with Gasteiger partial charge in [0.15, 0.2) is 0 Å². The highest BCUT2D eigenvalue weighted by Crippen LogP contribution is 2.55. The van der Waals surface area contributed by atoms with Gasteiger partial charge >= 0.3 is 6.11 Å². The van der Waals surface area contributed by atoms with Crippen molar-refractivity contribution >= 4 is 0 Å². The van der Waals surface area contributed by atoms with Gasteiger partial charge in [-0.3, -0.25) is 0 Å². The number of rotatable bonds is 6. The molecule has 0 radical (unpaired) electrons. The van der Waals surface area contributed by atoms with E-state index in [-0.39, 0.29) is 12.0 Å². The van der Waals surface area contributed by atoms with E-state index in [4.69, 9.17) is 4.74 Å². The first-order valence-corrected chi connectivity index (χ1v) is 10.7. The lowest BCUT2D eigenvalue weighted by molar-refractivity contribution is -0.418. The van der Waals surface area contributed by atoms with Crippen molar-refractivity contribution in [3.8, 4) is 0 Å². The molecule has 3 fully saturated rings. The van der Waals surface area contributed by atoms with Gasteiger partial charge < -0.3 is 4.74 Å². The Kier molecular flexibility index (Phi) is 6.57. The van der Waals surface area contributed by atoms with Gasteiger partial charge in [-0.2, -0.15) is 8.78 Å². The SMILES string of the molecule is CC=CCCC1CCC([C@H]2[C@H](C3CCC(CC)CC3)OC2(F)F)CC1. The van der Waals surface area contributed by atoms with E-state index in [0.717, 1.165) is 56.8 Å².